The molecule has 0 fully saturated rings. The van der Waals surface area contributed by atoms with Gasteiger partial charge in [-0.05, 0) is 30.3 Å². The summed E-state index contributed by atoms with van der Waals surface area (Å²) in [4.78, 5) is 8.25. The number of nitrogens with zero attached hydrogens (tertiary/aromatic N) is 5. The maximum Gasteiger partial charge on any atom is 0.144 e. The molecular formula is C25H20N6O. The fourth-order valence-electron chi connectivity index (χ4n) is 4.13. The Labute approximate surface area is 183 Å². The fraction of sp³-hybridized carbons (Fsp3) is 0.0800. The highest BCUT2D eigenvalue weighted by Gasteiger charge is 2.15. The van der Waals surface area contributed by atoms with Gasteiger partial charge in [-0.2, -0.15) is 0 Å². The van der Waals surface area contributed by atoms with E-state index in [4.69, 9.17) is 9.72 Å². The van der Waals surface area contributed by atoms with Gasteiger partial charge in [0.15, 0.2) is 0 Å². The first kappa shape index (κ1) is 18.4. The predicted octanol–water partition coefficient (Wildman–Crippen LogP) is 4.82. The van der Waals surface area contributed by atoms with Crippen LogP contribution in [0.25, 0.3) is 39.0 Å². The molecule has 7 nitrogen and oxygen atoms in total. The minimum atomic E-state index is 0.593. The summed E-state index contributed by atoms with van der Waals surface area (Å²) >= 11 is 0. The smallest absolute Gasteiger partial charge is 0.144 e. The highest BCUT2D eigenvalue weighted by Crippen LogP contribution is 2.31. The van der Waals surface area contributed by atoms with Crippen molar-refractivity contribution in [1.29, 1.82) is 0 Å². The molecule has 0 saturated heterocycles. The molecule has 7 heteroatoms. The molecule has 6 rings (SSSR count). The van der Waals surface area contributed by atoms with Gasteiger partial charge < -0.3 is 14.3 Å². The summed E-state index contributed by atoms with van der Waals surface area (Å²) in [5.74, 6) is 1.61. The van der Waals surface area contributed by atoms with Gasteiger partial charge in [-0.15, -0.1) is 5.10 Å². The number of fused-ring (bicyclic) bond motifs is 2. The first-order valence-electron chi connectivity index (χ1n) is 10.4. The van der Waals surface area contributed by atoms with E-state index in [0.717, 1.165) is 50.5 Å². The van der Waals surface area contributed by atoms with Gasteiger partial charge in [0.2, 0.25) is 0 Å². The molecule has 3 heterocycles. The van der Waals surface area contributed by atoms with Crippen molar-refractivity contribution in [3.05, 3.63) is 90.9 Å². The van der Waals surface area contributed by atoms with Crippen LogP contribution in [0.3, 0.4) is 0 Å². The van der Waals surface area contributed by atoms with E-state index in [1.54, 1.807) is 11.8 Å². The number of hydrogen-bond acceptors (Lipinski definition) is 4. The van der Waals surface area contributed by atoms with Crippen LogP contribution in [0.1, 0.15) is 5.69 Å². The zero-order chi connectivity index (χ0) is 21.5. The Kier molecular flexibility index (Phi) is 4.24. The van der Waals surface area contributed by atoms with Gasteiger partial charge >= 0.3 is 0 Å². The first-order chi connectivity index (χ1) is 15.8. The maximum atomic E-state index is 5.46. The number of nitrogens with one attached hydrogen (secondary N) is 1. The van der Waals surface area contributed by atoms with Gasteiger partial charge in [0.1, 0.15) is 23.0 Å². The van der Waals surface area contributed by atoms with Crippen molar-refractivity contribution < 1.29 is 4.74 Å². The number of ether oxygens (including phenoxy) is 1. The second-order valence-electron chi connectivity index (χ2n) is 7.62. The summed E-state index contributed by atoms with van der Waals surface area (Å²) in [5.41, 5.74) is 5.88. The monoisotopic (exact) mass is 420 g/mol. The molecule has 0 bridgehead atoms. The van der Waals surface area contributed by atoms with Gasteiger partial charge in [-0.1, -0.05) is 47.7 Å². The Bertz CT molecular complexity index is 1520. The van der Waals surface area contributed by atoms with Gasteiger partial charge in [-0.3, -0.25) is 0 Å². The molecule has 0 amide bonds. The van der Waals surface area contributed by atoms with Crippen molar-refractivity contribution in [2.45, 2.75) is 6.54 Å². The van der Waals surface area contributed by atoms with E-state index in [-0.39, 0.29) is 0 Å². The SMILES string of the molecule is COc1ccccc1-n1cc(Cn2cc(-c3nc4ccccc4[nH]3)c3ccccc32)nn1. The summed E-state index contributed by atoms with van der Waals surface area (Å²) < 4.78 is 9.40. The average molecular weight is 420 g/mol. The van der Waals surface area contributed by atoms with Crippen molar-refractivity contribution in [2.75, 3.05) is 7.11 Å². The lowest BCUT2D eigenvalue weighted by molar-refractivity contribution is 0.411. The minimum absolute atomic E-state index is 0.593. The molecule has 0 radical (unpaired) electrons. The largest absolute Gasteiger partial charge is 0.494 e. The highest BCUT2D eigenvalue weighted by atomic mass is 16.5. The first-order valence-corrected chi connectivity index (χ1v) is 10.4. The molecule has 3 aromatic heterocycles. The van der Waals surface area contributed by atoms with E-state index in [2.05, 4.69) is 44.3 Å². The van der Waals surface area contributed by atoms with Crippen LogP contribution in [0.4, 0.5) is 0 Å². The minimum Gasteiger partial charge on any atom is -0.494 e. The molecule has 0 aliphatic rings. The van der Waals surface area contributed by atoms with Crippen LogP contribution in [0.5, 0.6) is 5.75 Å². The van der Waals surface area contributed by atoms with E-state index < -0.39 is 0 Å². The van der Waals surface area contributed by atoms with Crippen LogP contribution in [-0.2, 0) is 6.54 Å². The zero-order valence-corrected chi connectivity index (χ0v) is 17.4. The van der Waals surface area contributed by atoms with Crippen LogP contribution in [-0.4, -0.2) is 36.6 Å². The summed E-state index contributed by atoms with van der Waals surface area (Å²) in [5, 5.41) is 9.86. The highest BCUT2D eigenvalue weighted by molar-refractivity contribution is 5.96. The maximum absolute atomic E-state index is 5.46. The average Bonchev–Trinajstić information content (AvgIpc) is 3.56. The second kappa shape index (κ2) is 7.39. The van der Waals surface area contributed by atoms with Crippen molar-refractivity contribution in [3.63, 3.8) is 0 Å². The summed E-state index contributed by atoms with van der Waals surface area (Å²) in [6.45, 7) is 0.593. The van der Waals surface area contributed by atoms with Crippen molar-refractivity contribution >= 4 is 21.9 Å². The predicted molar refractivity (Wildman–Crippen MR) is 124 cm³/mol. The summed E-state index contributed by atoms with van der Waals surface area (Å²) in [7, 11) is 1.65. The lowest BCUT2D eigenvalue weighted by Crippen LogP contribution is -1.99. The Morgan fingerprint density at radius 1 is 0.906 bits per heavy atom. The van der Waals surface area contributed by atoms with E-state index in [1.807, 2.05) is 60.8 Å². The van der Waals surface area contributed by atoms with Crippen molar-refractivity contribution in [1.82, 2.24) is 29.5 Å². The molecule has 156 valence electrons. The van der Waals surface area contributed by atoms with Crippen LogP contribution in [0, 0.1) is 0 Å². The lowest BCUT2D eigenvalue weighted by atomic mass is 10.2. The van der Waals surface area contributed by atoms with Gasteiger partial charge in [-0.25, -0.2) is 9.67 Å². The van der Waals surface area contributed by atoms with Gasteiger partial charge in [0.05, 0.1) is 30.9 Å². The van der Waals surface area contributed by atoms with Crippen LogP contribution in [0.2, 0.25) is 0 Å². The Morgan fingerprint density at radius 3 is 2.62 bits per heavy atom. The molecule has 6 aromatic rings. The molecule has 0 unspecified atom stereocenters. The second-order valence-corrected chi connectivity index (χ2v) is 7.62. The third-order valence-corrected chi connectivity index (χ3v) is 5.64. The number of imidazole rings is 1. The molecule has 0 atom stereocenters. The Balaban J connectivity index is 1.40. The normalized spacial score (nSPS) is 11.4. The third kappa shape index (κ3) is 3.02. The van der Waals surface area contributed by atoms with Crippen molar-refractivity contribution in [3.8, 4) is 22.8 Å². The number of aromatic nitrogens is 6. The van der Waals surface area contributed by atoms with Gasteiger partial charge in [0.25, 0.3) is 0 Å². The van der Waals surface area contributed by atoms with Crippen LogP contribution >= 0.6 is 0 Å². The summed E-state index contributed by atoms with van der Waals surface area (Å²) in [6.07, 6.45) is 4.07. The standard InChI is InChI=1S/C25H20N6O/c1-32-24-13-7-6-12-23(24)31-15-17(28-29-31)14-30-16-19(18-8-2-5-11-22(18)30)25-26-20-9-3-4-10-21(20)27-25/h2-13,15-16H,14H2,1H3,(H,26,27). The third-order valence-electron chi connectivity index (χ3n) is 5.64. The topological polar surface area (TPSA) is 73.5 Å². The van der Waals surface area contributed by atoms with Gasteiger partial charge in [0, 0.05) is 22.7 Å². The molecule has 3 aromatic carbocycles. The molecular weight excluding hydrogens is 400 g/mol. The number of hydrogen-bond donors (Lipinski definition) is 1. The molecule has 1 N–H and O–H groups in total. The molecule has 0 aliphatic heterocycles. The molecule has 32 heavy (non-hydrogen) atoms. The number of para-hydroxylation sites is 5. The van der Waals surface area contributed by atoms with E-state index >= 15 is 0 Å². The Hall–Kier alpha value is -4.39. The van der Waals surface area contributed by atoms with Crippen LogP contribution < -0.4 is 4.74 Å². The molecule has 0 aliphatic carbocycles. The number of benzene rings is 3. The number of methoxy groups -OCH3 is 1. The molecule has 0 spiro atoms. The summed E-state index contributed by atoms with van der Waals surface area (Å²) in [6, 6.07) is 24.2. The lowest BCUT2D eigenvalue weighted by Gasteiger charge is -2.06. The van der Waals surface area contributed by atoms with Crippen LogP contribution in [0.15, 0.2) is 85.2 Å². The quantitative estimate of drug-likeness (QED) is 0.434. The number of H-pyrrole nitrogens is 1. The van der Waals surface area contributed by atoms with E-state index in [9.17, 15) is 0 Å². The fourth-order valence-corrected chi connectivity index (χ4v) is 4.13. The Morgan fingerprint density at radius 2 is 1.72 bits per heavy atom. The number of aromatic amines is 1. The van der Waals surface area contributed by atoms with E-state index in [1.165, 1.54) is 0 Å². The molecule has 0 saturated carbocycles. The van der Waals surface area contributed by atoms with E-state index in [0.29, 0.717) is 6.54 Å². The van der Waals surface area contributed by atoms with Crippen molar-refractivity contribution in [2.24, 2.45) is 0 Å². The number of rotatable bonds is 5. The zero-order valence-electron chi connectivity index (χ0n) is 17.4.